The van der Waals surface area contributed by atoms with E-state index >= 15 is 0 Å². The minimum Gasteiger partial charge on any atom is -0.423 e. The number of sulfonamides is 1. The number of halogens is 4. The van der Waals surface area contributed by atoms with Gasteiger partial charge in [-0.3, -0.25) is 4.79 Å². The topological polar surface area (TPSA) is 93.7 Å². The number of ether oxygens (including phenoxy) is 2. The molecule has 12 heteroatoms. The van der Waals surface area contributed by atoms with Crippen LogP contribution >= 0.6 is 0 Å². The summed E-state index contributed by atoms with van der Waals surface area (Å²) in [6.07, 6.45) is -1.51. The second-order valence-corrected chi connectivity index (χ2v) is 10.0. The molecule has 1 aromatic rings. The first-order valence-electron chi connectivity index (χ1n) is 10.3. The molecule has 7 nitrogen and oxygen atoms in total. The number of carbonyl (C=O) groups is 1. The Labute approximate surface area is 183 Å². The first-order chi connectivity index (χ1) is 15.0. The molecule has 1 saturated heterocycles. The molecular formula is C20H26F4N2O5S. The van der Waals surface area contributed by atoms with E-state index in [2.05, 4.69) is 14.8 Å². The zero-order valence-corrected chi connectivity index (χ0v) is 18.3. The lowest BCUT2D eigenvalue weighted by Crippen LogP contribution is -2.46. The second kappa shape index (κ2) is 10.0. The highest BCUT2D eigenvalue weighted by molar-refractivity contribution is 7.88. The Morgan fingerprint density at radius 2 is 1.88 bits per heavy atom. The minimum atomic E-state index is -4.22. The van der Waals surface area contributed by atoms with Crippen molar-refractivity contribution in [2.24, 2.45) is 0 Å². The van der Waals surface area contributed by atoms with Crippen molar-refractivity contribution in [2.75, 3.05) is 19.4 Å². The number of aldehydes is 1. The van der Waals surface area contributed by atoms with E-state index in [4.69, 9.17) is 4.74 Å². The van der Waals surface area contributed by atoms with E-state index in [0.29, 0.717) is 44.7 Å². The van der Waals surface area contributed by atoms with Crippen molar-refractivity contribution in [3.05, 3.63) is 29.3 Å². The van der Waals surface area contributed by atoms with Crippen LogP contribution in [0.25, 0.3) is 0 Å². The van der Waals surface area contributed by atoms with Crippen LogP contribution in [-0.2, 0) is 19.6 Å². The summed E-state index contributed by atoms with van der Waals surface area (Å²) in [4.78, 5) is 10.5. The summed E-state index contributed by atoms with van der Waals surface area (Å²) < 4.78 is 90.5. The molecule has 1 aromatic carbocycles. The molecule has 32 heavy (non-hydrogen) atoms. The van der Waals surface area contributed by atoms with Gasteiger partial charge in [0.2, 0.25) is 16.3 Å². The van der Waals surface area contributed by atoms with Crippen LogP contribution in [0.4, 0.5) is 17.6 Å². The Balaban J connectivity index is 1.59. The molecule has 1 aliphatic carbocycles. The van der Waals surface area contributed by atoms with Gasteiger partial charge in [-0.25, -0.2) is 21.9 Å². The highest BCUT2D eigenvalue weighted by atomic mass is 32.2. The van der Waals surface area contributed by atoms with Gasteiger partial charge in [0.1, 0.15) is 5.82 Å². The lowest BCUT2D eigenvalue weighted by Gasteiger charge is -2.31. The van der Waals surface area contributed by atoms with Crippen LogP contribution in [0, 0.1) is 11.6 Å². The molecular weight excluding hydrogens is 456 g/mol. The Kier molecular flexibility index (Phi) is 7.79. The van der Waals surface area contributed by atoms with Crippen LogP contribution in [0.2, 0.25) is 0 Å². The molecule has 1 heterocycles. The number of carbonyl (C=O) groups excluding carboxylic acids is 1. The van der Waals surface area contributed by atoms with Crippen molar-refractivity contribution in [1.29, 1.82) is 0 Å². The van der Waals surface area contributed by atoms with Crippen LogP contribution in [0.3, 0.4) is 0 Å². The van der Waals surface area contributed by atoms with Gasteiger partial charge in [-0.05, 0) is 50.6 Å². The maximum Gasteiger partial charge on any atom is 0.458 e. The molecule has 0 spiro atoms. The number of alkyl halides is 2. The normalized spacial score (nSPS) is 26.8. The van der Waals surface area contributed by atoms with Crippen molar-refractivity contribution in [1.82, 2.24) is 10.0 Å². The quantitative estimate of drug-likeness (QED) is 0.415. The summed E-state index contributed by atoms with van der Waals surface area (Å²) in [6.45, 7) is 0.949. The summed E-state index contributed by atoms with van der Waals surface area (Å²) in [6, 6.07) is 0.945. The largest absolute Gasteiger partial charge is 0.458 e. The number of benzene rings is 1. The van der Waals surface area contributed by atoms with E-state index in [1.807, 2.05) is 0 Å². The van der Waals surface area contributed by atoms with Crippen molar-refractivity contribution in [3.8, 4) is 5.75 Å². The molecule has 2 aliphatic rings. The Hall–Kier alpha value is -1.76. The van der Waals surface area contributed by atoms with Crippen LogP contribution in [0.15, 0.2) is 12.1 Å². The highest BCUT2D eigenvalue weighted by Crippen LogP contribution is 2.41. The first kappa shape index (κ1) is 24.9. The number of hydrogen-bond donors (Lipinski definition) is 2. The monoisotopic (exact) mass is 482 g/mol. The average molecular weight is 482 g/mol. The van der Waals surface area contributed by atoms with Gasteiger partial charge >= 0.3 is 6.11 Å². The van der Waals surface area contributed by atoms with Crippen molar-refractivity contribution >= 4 is 16.3 Å². The molecule has 0 radical (unpaired) electrons. The van der Waals surface area contributed by atoms with Gasteiger partial charge in [0.25, 0.3) is 0 Å². The molecule has 0 amide bonds. The van der Waals surface area contributed by atoms with E-state index in [1.54, 1.807) is 0 Å². The maximum atomic E-state index is 14.2. The van der Waals surface area contributed by atoms with Gasteiger partial charge in [0.15, 0.2) is 11.6 Å². The Morgan fingerprint density at radius 3 is 2.50 bits per heavy atom. The predicted octanol–water partition coefficient (Wildman–Crippen LogP) is 2.46. The van der Waals surface area contributed by atoms with Crippen LogP contribution in [0.1, 0.15) is 43.6 Å². The zero-order valence-electron chi connectivity index (χ0n) is 17.5. The van der Waals surface area contributed by atoms with E-state index in [0.717, 1.165) is 12.3 Å². The Bertz CT molecular complexity index is 923. The third-order valence-electron chi connectivity index (χ3n) is 5.75. The fourth-order valence-electron chi connectivity index (χ4n) is 4.29. The van der Waals surface area contributed by atoms with Crippen molar-refractivity contribution < 1.29 is 40.2 Å². The summed E-state index contributed by atoms with van der Waals surface area (Å²) >= 11 is 0. The van der Waals surface area contributed by atoms with E-state index in [-0.39, 0.29) is 30.4 Å². The van der Waals surface area contributed by atoms with E-state index < -0.39 is 45.7 Å². The molecule has 2 fully saturated rings. The van der Waals surface area contributed by atoms with Gasteiger partial charge < -0.3 is 14.8 Å². The van der Waals surface area contributed by atoms with E-state index in [9.17, 15) is 30.8 Å². The van der Waals surface area contributed by atoms with Crippen LogP contribution in [-0.4, -0.2) is 58.4 Å². The molecule has 2 atom stereocenters. The fraction of sp³-hybridized carbons (Fsp3) is 0.650. The highest BCUT2D eigenvalue weighted by Gasteiger charge is 2.36. The van der Waals surface area contributed by atoms with Gasteiger partial charge in [0, 0.05) is 23.7 Å². The van der Waals surface area contributed by atoms with Gasteiger partial charge in [0.05, 0.1) is 19.0 Å². The number of nitrogens with one attached hydrogen (secondary N) is 2. The summed E-state index contributed by atoms with van der Waals surface area (Å²) in [5.74, 6) is -3.48. The van der Waals surface area contributed by atoms with Gasteiger partial charge in [-0.15, -0.1) is 0 Å². The summed E-state index contributed by atoms with van der Waals surface area (Å²) in [5, 5.41) is 3.20. The molecule has 1 saturated carbocycles. The molecule has 3 rings (SSSR count). The third kappa shape index (κ3) is 6.63. The lowest BCUT2D eigenvalue weighted by atomic mass is 9.82. The summed E-state index contributed by atoms with van der Waals surface area (Å²) in [7, 11) is -3.34. The smallest absolute Gasteiger partial charge is 0.423 e. The standard InChI is InChI=1S/C20H26F4N2O5S/c1-32(28,29)26-17-6-7-25-18(17)10-30-14-4-2-12(3-5-14)15-8-13(21)9-16(22)19(15)31-20(23,24)11-27/h8-9,11-12,14,17-18,25-26H,2-7,10H2,1H3/t12-,14+,17-,18-/m0/s1. The molecule has 0 unspecified atom stereocenters. The third-order valence-corrected chi connectivity index (χ3v) is 6.48. The zero-order chi connectivity index (χ0) is 23.5. The van der Waals surface area contributed by atoms with E-state index in [1.165, 1.54) is 0 Å². The van der Waals surface area contributed by atoms with Crippen LogP contribution in [0.5, 0.6) is 5.75 Å². The minimum absolute atomic E-state index is 0.0441. The summed E-state index contributed by atoms with van der Waals surface area (Å²) in [5.41, 5.74) is -0.0441. The lowest BCUT2D eigenvalue weighted by molar-refractivity contribution is -0.177. The second-order valence-electron chi connectivity index (χ2n) is 8.24. The van der Waals surface area contributed by atoms with Crippen molar-refractivity contribution in [3.63, 3.8) is 0 Å². The Morgan fingerprint density at radius 1 is 1.19 bits per heavy atom. The molecule has 180 valence electrons. The molecule has 0 bridgehead atoms. The molecule has 1 aliphatic heterocycles. The maximum absolute atomic E-state index is 14.2. The van der Waals surface area contributed by atoms with Gasteiger partial charge in [-0.2, -0.15) is 8.78 Å². The fourth-order valence-corrected chi connectivity index (χ4v) is 5.12. The number of rotatable bonds is 9. The van der Waals surface area contributed by atoms with Crippen LogP contribution < -0.4 is 14.8 Å². The number of hydrogen-bond acceptors (Lipinski definition) is 6. The van der Waals surface area contributed by atoms with Crippen molar-refractivity contribution in [2.45, 2.75) is 62.3 Å². The first-order valence-corrected chi connectivity index (χ1v) is 12.2. The SMILES string of the molecule is CS(=O)(=O)N[C@H]1CCN[C@H]1CO[C@H]1CC[C@@H](c2cc(F)cc(F)c2OC(F)(F)C=O)CC1. The molecule has 2 N–H and O–H groups in total. The average Bonchev–Trinajstić information content (AvgIpc) is 3.14. The predicted molar refractivity (Wildman–Crippen MR) is 107 cm³/mol. The molecule has 0 aromatic heterocycles. The van der Waals surface area contributed by atoms with Gasteiger partial charge in [-0.1, -0.05) is 0 Å².